The number of ether oxygens (including phenoxy) is 1. The molecule has 0 bridgehead atoms. The predicted octanol–water partition coefficient (Wildman–Crippen LogP) is 3.60. The molecule has 0 saturated heterocycles. The Labute approximate surface area is 160 Å². The van der Waals surface area contributed by atoms with Crippen LogP contribution in [-0.2, 0) is 6.54 Å². The van der Waals surface area contributed by atoms with Crippen LogP contribution in [0.5, 0.6) is 5.75 Å². The molecule has 138 valence electrons. The third-order valence-electron chi connectivity index (χ3n) is 4.43. The van der Waals surface area contributed by atoms with Crippen LogP contribution < -0.4 is 10.3 Å². The number of thioether (sulfide) groups is 1. The first-order valence-electron chi connectivity index (χ1n) is 8.86. The molecule has 0 atom stereocenters. The van der Waals surface area contributed by atoms with Crippen molar-refractivity contribution in [2.45, 2.75) is 25.0 Å². The number of aromatic nitrogens is 4. The van der Waals surface area contributed by atoms with Crippen molar-refractivity contribution in [3.63, 3.8) is 0 Å². The van der Waals surface area contributed by atoms with Crippen molar-refractivity contribution in [3.8, 4) is 5.75 Å². The fourth-order valence-corrected chi connectivity index (χ4v) is 3.96. The predicted molar refractivity (Wildman–Crippen MR) is 108 cm³/mol. The molecular weight excluding hydrogens is 360 g/mol. The molecule has 0 spiro atoms. The summed E-state index contributed by atoms with van der Waals surface area (Å²) >= 11 is 1.65. The van der Waals surface area contributed by atoms with Gasteiger partial charge in [0.25, 0.3) is 5.56 Å². The van der Waals surface area contributed by atoms with Crippen LogP contribution in [0.15, 0.2) is 58.5 Å². The number of methoxy groups -OCH3 is 1. The number of hydrogen-bond donors (Lipinski definition) is 0. The summed E-state index contributed by atoms with van der Waals surface area (Å²) in [5, 5.41) is 10.2. The van der Waals surface area contributed by atoms with E-state index in [-0.39, 0.29) is 5.56 Å². The molecule has 0 saturated carbocycles. The lowest BCUT2D eigenvalue weighted by molar-refractivity contribution is 0.408. The first-order valence-corrected chi connectivity index (χ1v) is 9.84. The molecule has 0 fully saturated rings. The molecule has 0 amide bonds. The van der Waals surface area contributed by atoms with Gasteiger partial charge in [0, 0.05) is 11.3 Å². The lowest BCUT2D eigenvalue weighted by atomic mass is 10.2. The smallest absolute Gasteiger partial charge is 0.263 e. The van der Waals surface area contributed by atoms with Gasteiger partial charge in [0.15, 0.2) is 5.16 Å². The quantitative estimate of drug-likeness (QED) is 0.478. The van der Waals surface area contributed by atoms with Crippen molar-refractivity contribution in [1.29, 1.82) is 0 Å². The maximum Gasteiger partial charge on any atom is 0.263 e. The van der Waals surface area contributed by atoms with E-state index in [0.29, 0.717) is 17.7 Å². The zero-order valence-electron chi connectivity index (χ0n) is 15.3. The minimum atomic E-state index is -0.0801. The Kier molecular flexibility index (Phi) is 4.85. The average Bonchev–Trinajstić information content (AvgIpc) is 3.13. The molecule has 0 radical (unpaired) electrons. The molecule has 0 aliphatic carbocycles. The highest BCUT2D eigenvalue weighted by Crippen LogP contribution is 2.24. The van der Waals surface area contributed by atoms with Crippen LogP contribution in [0.2, 0.25) is 0 Å². The first kappa shape index (κ1) is 17.6. The summed E-state index contributed by atoms with van der Waals surface area (Å²) in [5.74, 6) is 2.24. The van der Waals surface area contributed by atoms with Crippen molar-refractivity contribution < 1.29 is 4.74 Å². The van der Waals surface area contributed by atoms with Gasteiger partial charge in [-0.3, -0.25) is 13.8 Å². The molecule has 0 aliphatic heterocycles. The van der Waals surface area contributed by atoms with Crippen LogP contribution >= 0.6 is 11.8 Å². The van der Waals surface area contributed by atoms with E-state index in [1.807, 2.05) is 52.9 Å². The second kappa shape index (κ2) is 7.44. The van der Waals surface area contributed by atoms with Crippen LogP contribution in [-0.4, -0.2) is 32.0 Å². The van der Waals surface area contributed by atoms with Gasteiger partial charge in [0.05, 0.1) is 24.6 Å². The lowest BCUT2D eigenvalue weighted by Gasteiger charge is -2.13. The molecule has 7 heteroatoms. The van der Waals surface area contributed by atoms with E-state index in [0.717, 1.165) is 34.2 Å². The summed E-state index contributed by atoms with van der Waals surface area (Å²) in [7, 11) is 1.63. The van der Waals surface area contributed by atoms with E-state index in [1.165, 1.54) is 0 Å². The summed E-state index contributed by atoms with van der Waals surface area (Å²) in [6.45, 7) is 2.50. The molecular formula is C20H20N4O2S. The molecule has 4 rings (SSSR count). The minimum absolute atomic E-state index is 0.0801. The summed E-state index contributed by atoms with van der Waals surface area (Å²) in [5.41, 5.74) is 1.67. The first-order chi connectivity index (χ1) is 13.2. The molecule has 0 N–H and O–H groups in total. The van der Waals surface area contributed by atoms with Crippen molar-refractivity contribution >= 4 is 28.4 Å². The zero-order valence-corrected chi connectivity index (χ0v) is 16.1. The van der Waals surface area contributed by atoms with Crippen LogP contribution in [0.4, 0.5) is 0 Å². The van der Waals surface area contributed by atoms with Gasteiger partial charge in [-0.1, -0.05) is 49.0 Å². The van der Waals surface area contributed by atoms with Gasteiger partial charge in [-0.25, -0.2) is 0 Å². The summed E-state index contributed by atoms with van der Waals surface area (Å²) in [6, 6.07) is 15.3. The topological polar surface area (TPSA) is 61.4 Å². The van der Waals surface area contributed by atoms with Crippen molar-refractivity contribution in [2.24, 2.45) is 0 Å². The second-order valence-corrected chi connectivity index (χ2v) is 7.25. The lowest BCUT2D eigenvalue weighted by Crippen LogP contribution is -2.24. The number of para-hydroxylation sites is 2. The van der Waals surface area contributed by atoms with Gasteiger partial charge in [-0.2, -0.15) is 0 Å². The zero-order chi connectivity index (χ0) is 18.8. The Morgan fingerprint density at radius 1 is 1.07 bits per heavy atom. The molecule has 27 heavy (non-hydrogen) atoms. The Morgan fingerprint density at radius 2 is 1.85 bits per heavy atom. The molecule has 0 aliphatic rings. The van der Waals surface area contributed by atoms with Crippen LogP contribution in [0.3, 0.4) is 0 Å². The highest BCUT2D eigenvalue weighted by molar-refractivity contribution is 7.99. The van der Waals surface area contributed by atoms with E-state index in [4.69, 9.17) is 4.74 Å². The standard InChI is InChI=1S/C20H20N4O2S/c1-3-12-27-20-22-21-19-23(13-14-8-4-7-11-17(14)26-2)18(25)15-9-5-6-10-16(15)24(19)20/h4-11H,3,12-13H2,1-2H3. The number of rotatable bonds is 6. The Morgan fingerprint density at radius 3 is 2.67 bits per heavy atom. The highest BCUT2D eigenvalue weighted by Gasteiger charge is 2.17. The van der Waals surface area contributed by atoms with Crippen molar-refractivity contribution in [1.82, 2.24) is 19.2 Å². The monoisotopic (exact) mass is 380 g/mol. The summed E-state index contributed by atoms with van der Waals surface area (Å²) in [6.07, 6.45) is 1.04. The Bertz CT molecular complexity index is 1170. The number of benzene rings is 2. The summed E-state index contributed by atoms with van der Waals surface area (Å²) in [4.78, 5) is 13.2. The Hall–Kier alpha value is -2.80. The maximum atomic E-state index is 13.2. The molecule has 2 heterocycles. The maximum absolute atomic E-state index is 13.2. The van der Waals surface area contributed by atoms with Crippen molar-refractivity contribution in [2.75, 3.05) is 12.9 Å². The van der Waals surface area contributed by atoms with E-state index in [2.05, 4.69) is 17.1 Å². The number of nitrogens with zero attached hydrogens (tertiary/aromatic N) is 4. The van der Waals surface area contributed by atoms with E-state index in [9.17, 15) is 4.79 Å². The summed E-state index contributed by atoms with van der Waals surface area (Å²) < 4.78 is 9.10. The second-order valence-electron chi connectivity index (χ2n) is 6.19. The van der Waals surface area contributed by atoms with Gasteiger partial charge < -0.3 is 4.74 Å². The van der Waals surface area contributed by atoms with Crippen LogP contribution in [0.1, 0.15) is 18.9 Å². The molecule has 4 aromatic rings. The fraction of sp³-hybridized carbons (Fsp3) is 0.250. The van der Waals surface area contributed by atoms with Crippen LogP contribution in [0.25, 0.3) is 16.7 Å². The normalized spacial score (nSPS) is 11.3. The third kappa shape index (κ3) is 3.08. The van der Waals surface area contributed by atoms with E-state index >= 15 is 0 Å². The SMILES string of the molecule is CCCSc1nnc2n(Cc3ccccc3OC)c(=O)c3ccccc3n12. The third-order valence-corrected chi connectivity index (χ3v) is 5.57. The molecule has 0 unspecified atom stereocenters. The van der Waals surface area contributed by atoms with Gasteiger partial charge in [-0.15, -0.1) is 10.2 Å². The molecule has 6 nitrogen and oxygen atoms in total. The van der Waals surface area contributed by atoms with Crippen molar-refractivity contribution in [3.05, 3.63) is 64.4 Å². The average molecular weight is 380 g/mol. The van der Waals surface area contributed by atoms with Gasteiger partial charge >= 0.3 is 0 Å². The number of fused-ring (bicyclic) bond motifs is 3. The molecule has 2 aromatic carbocycles. The fourth-order valence-electron chi connectivity index (χ4n) is 3.17. The van der Waals surface area contributed by atoms with E-state index < -0.39 is 0 Å². The van der Waals surface area contributed by atoms with Gasteiger partial charge in [0.2, 0.25) is 5.78 Å². The van der Waals surface area contributed by atoms with Gasteiger partial charge in [-0.05, 0) is 24.6 Å². The van der Waals surface area contributed by atoms with E-state index in [1.54, 1.807) is 23.4 Å². The van der Waals surface area contributed by atoms with Gasteiger partial charge in [0.1, 0.15) is 5.75 Å². The molecule has 2 aromatic heterocycles. The largest absolute Gasteiger partial charge is 0.496 e. The highest BCUT2D eigenvalue weighted by atomic mass is 32.2. The minimum Gasteiger partial charge on any atom is -0.496 e. The Balaban J connectivity index is 1.98. The van der Waals surface area contributed by atoms with Crippen LogP contribution in [0, 0.1) is 0 Å². The number of hydrogen-bond acceptors (Lipinski definition) is 5.